The number of halogens is 1. The third-order valence-corrected chi connectivity index (χ3v) is 4.48. The minimum atomic E-state index is 0.0847. The summed E-state index contributed by atoms with van der Waals surface area (Å²) in [5.74, 6) is 0.285. The zero-order valence-corrected chi connectivity index (χ0v) is 13.4. The van der Waals surface area contributed by atoms with E-state index in [2.05, 4.69) is 61.5 Å². The summed E-state index contributed by atoms with van der Waals surface area (Å²) in [5.41, 5.74) is 8.90. The molecule has 0 aliphatic carbocycles. The first-order chi connectivity index (χ1) is 10.6. The average molecular weight is 310 g/mol. The lowest BCUT2D eigenvalue weighted by molar-refractivity contribution is 0.568. The molecule has 3 aromatic rings. The fourth-order valence-electron chi connectivity index (χ4n) is 3.03. The van der Waals surface area contributed by atoms with Crippen LogP contribution in [0.4, 0.5) is 0 Å². The van der Waals surface area contributed by atoms with Crippen LogP contribution in [0.15, 0.2) is 66.7 Å². The molecule has 0 spiro atoms. The SMILES string of the molecule is CC(N)C(Cc1ccc(Cl)cc1)c1cccc2ccccc12. The maximum absolute atomic E-state index is 6.31. The first-order valence-corrected chi connectivity index (χ1v) is 8.00. The van der Waals surface area contributed by atoms with E-state index in [9.17, 15) is 0 Å². The Kier molecular flexibility index (Phi) is 4.47. The van der Waals surface area contributed by atoms with Crippen molar-refractivity contribution in [1.82, 2.24) is 0 Å². The van der Waals surface area contributed by atoms with Crippen LogP contribution in [0, 0.1) is 0 Å². The van der Waals surface area contributed by atoms with Gasteiger partial charge in [0.15, 0.2) is 0 Å². The fourth-order valence-corrected chi connectivity index (χ4v) is 3.15. The van der Waals surface area contributed by atoms with Crippen LogP contribution in [-0.4, -0.2) is 6.04 Å². The number of hydrogen-bond acceptors (Lipinski definition) is 1. The number of nitrogens with two attached hydrogens (primary N) is 1. The molecule has 0 saturated carbocycles. The highest BCUT2D eigenvalue weighted by molar-refractivity contribution is 6.30. The minimum absolute atomic E-state index is 0.0847. The number of fused-ring (bicyclic) bond motifs is 1. The van der Waals surface area contributed by atoms with Gasteiger partial charge in [0.05, 0.1) is 0 Å². The molecule has 0 saturated heterocycles. The largest absolute Gasteiger partial charge is 0.327 e. The molecule has 2 atom stereocenters. The zero-order chi connectivity index (χ0) is 15.5. The van der Waals surface area contributed by atoms with Crippen LogP contribution in [0.5, 0.6) is 0 Å². The maximum Gasteiger partial charge on any atom is 0.0406 e. The summed E-state index contributed by atoms with van der Waals surface area (Å²) >= 11 is 5.98. The van der Waals surface area contributed by atoms with Crippen molar-refractivity contribution < 1.29 is 0 Å². The molecule has 112 valence electrons. The Labute approximate surface area is 136 Å². The van der Waals surface area contributed by atoms with Gasteiger partial charge in [-0.15, -0.1) is 0 Å². The standard InChI is InChI=1S/C20H20ClN/c1-14(22)20(13-15-9-11-17(21)12-10-15)19-8-4-6-16-5-2-3-7-18(16)19/h2-12,14,20H,13,22H2,1H3. The lowest BCUT2D eigenvalue weighted by atomic mass is 9.84. The molecule has 2 unspecified atom stereocenters. The summed E-state index contributed by atoms with van der Waals surface area (Å²) in [6.07, 6.45) is 0.919. The van der Waals surface area contributed by atoms with Crippen molar-refractivity contribution in [3.8, 4) is 0 Å². The second-order valence-corrected chi connectivity index (χ2v) is 6.30. The van der Waals surface area contributed by atoms with Gasteiger partial charge in [0.25, 0.3) is 0 Å². The van der Waals surface area contributed by atoms with E-state index in [1.807, 2.05) is 12.1 Å². The van der Waals surface area contributed by atoms with Crippen LogP contribution >= 0.6 is 11.6 Å². The van der Waals surface area contributed by atoms with E-state index in [1.54, 1.807) is 0 Å². The van der Waals surface area contributed by atoms with E-state index in [0.717, 1.165) is 11.4 Å². The summed E-state index contributed by atoms with van der Waals surface area (Å²) in [5, 5.41) is 3.33. The fraction of sp³-hybridized carbons (Fsp3) is 0.200. The molecule has 0 aliphatic rings. The molecule has 3 aromatic carbocycles. The van der Waals surface area contributed by atoms with Crippen molar-refractivity contribution in [1.29, 1.82) is 0 Å². The van der Waals surface area contributed by atoms with Crippen LogP contribution in [0.25, 0.3) is 10.8 Å². The first kappa shape index (κ1) is 15.1. The zero-order valence-electron chi connectivity index (χ0n) is 12.7. The van der Waals surface area contributed by atoms with Gasteiger partial charge < -0.3 is 5.73 Å². The Balaban J connectivity index is 2.01. The van der Waals surface area contributed by atoms with Crippen molar-refractivity contribution in [3.63, 3.8) is 0 Å². The van der Waals surface area contributed by atoms with Gasteiger partial charge in [-0.1, -0.05) is 66.2 Å². The van der Waals surface area contributed by atoms with Gasteiger partial charge >= 0.3 is 0 Å². The van der Waals surface area contributed by atoms with E-state index in [1.165, 1.54) is 21.9 Å². The van der Waals surface area contributed by atoms with Crippen LogP contribution < -0.4 is 5.73 Å². The van der Waals surface area contributed by atoms with Gasteiger partial charge in [-0.3, -0.25) is 0 Å². The molecule has 0 radical (unpaired) electrons. The van der Waals surface area contributed by atoms with Crippen molar-refractivity contribution in [2.24, 2.45) is 5.73 Å². The second kappa shape index (κ2) is 6.51. The molecule has 0 heterocycles. The van der Waals surface area contributed by atoms with Crippen LogP contribution in [0.1, 0.15) is 24.0 Å². The van der Waals surface area contributed by atoms with Gasteiger partial charge in [-0.2, -0.15) is 0 Å². The number of hydrogen-bond donors (Lipinski definition) is 1. The average Bonchev–Trinajstić information content (AvgIpc) is 2.54. The summed E-state index contributed by atoms with van der Waals surface area (Å²) in [6.45, 7) is 2.09. The molecule has 0 amide bonds. The lowest BCUT2D eigenvalue weighted by Crippen LogP contribution is -2.26. The topological polar surface area (TPSA) is 26.0 Å². The molecule has 0 aromatic heterocycles. The molecule has 2 heteroatoms. The molecule has 2 N–H and O–H groups in total. The maximum atomic E-state index is 6.31. The van der Waals surface area contributed by atoms with Crippen LogP contribution in [0.2, 0.25) is 5.02 Å². The molecule has 22 heavy (non-hydrogen) atoms. The molecular weight excluding hydrogens is 290 g/mol. The van der Waals surface area contributed by atoms with Gasteiger partial charge in [0.2, 0.25) is 0 Å². The Morgan fingerprint density at radius 2 is 1.59 bits per heavy atom. The Morgan fingerprint density at radius 1 is 0.909 bits per heavy atom. The minimum Gasteiger partial charge on any atom is -0.327 e. The van der Waals surface area contributed by atoms with Gasteiger partial charge in [0.1, 0.15) is 0 Å². The van der Waals surface area contributed by atoms with Crippen molar-refractivity contribution in [2.45, 2.75) is 25.3 Å². The first-order valence-electron chi connectivity index (χ1n) is 7.63. The highest BCUT2D eigenvalue weighted by Crippen LogP contribution is 2.30. The number of benzene rings is 3. The third kappa shape index (κ3) is 3.16. The van der Waals surface area contributed by atoms with Crippen LogP contribution in [0.3, 0.4) is 0 Å². The smallest absolute Gasteiger partial charge is 0.0406 e. The molecule has 3 rings (SSSR count). The Morgan fingerprint density at radius 3 is 2.32 bits per heavy atom. The molecular formula is C20H20ClN. The highest BCUT2D eigenvalue weighted by atomic mass is 35.5. The molecule has 0 bridgehead atoms. The van der Waals surface area contributed by atoms with Gasteiger partial charge in [0, 0.05) is 17.0 Å². The predicted octanol–water partition coefficient (Wildman–Crippen LogP) is 5.17. The highest BCUT2D eigenvalue weighted by Gasteiger charge is 2.19. The van der Waals surface area contributed by atoms with Crippen molar-refractivity contribution in [3.05, 3.63) is 82.9 Å². The lowest BCUT2D eigenvalue weighted by Gasteiger charge is -2.23. The van der Waals surface area contributed by atoms with Crippen molar-refractivity contribution in [2.75, 3.05) is 0 Å². The Hall–Kier alpha value is -1.83. The van der Waals surface area contributed by atoms with E-state index in [-0.39, 0.29) is 12.0 Å². The Bertz CT molecular complexity index is 757. The summed E-state index contributed by atoms with van der Waals surface area (Å²) in [7, 11) is 0. The molecule has 0 aliphatic heterocycles. The molecule has 0 fully saturated rings. The molecule has 1 nitrogen and oxygen atoms in total. The second-order valence-electron chi connectivity index (χ2n) is 5.86. The van der Waals surface area contributed by atoms with Crippen LogP contribution in [-0.2, 0) is 6.42 Å². The van der Waals surface area contributed by atoms with Crippen molar-refractivity contribution >= 4 is 22.4 Å². The summed E-state index contributed by atoms with van der Waals surface area (Å²) in [6, 6.07) is 23.1. The van der Waals surface area contributed by atoms with E-state index in [4.69, 9.17) is 17.3 Å². The van der Waals surface area contributed by atoms with E-state index in [0.29, 0.717) is 0 Å². The van der Waals surface area contributed by atoms with E-state index >= 15 is 0 Å². The normalized spacial score (nSPS) is 14.0. The predicted molar refractivity (Wildman–Crippen MR) is 95.5 cm³/mol. The monoisotopic (exact) mass is 309 g/mol. The third-order valence-electron chi connectivity index (χ3n) is 4.23. The van der Waals surface area contributed by atoms with Gasteiger partial charge in [-0.05, 0) is 47.4 Å². The summed E-state index contributed by atoms with van der Waals surface area (Å²) < 4.78 is 0. The quantitative estimate of drug-likeness (QED) is 0.707. The van der Waals surface area contributed by atoms with Gasteiger partial charge in [-0.25, -0.2) is 0 Å². The van der Waals surface area contributed by atoms with E-state index < -0.39 is 0 Å². The summed E-state index contributed by atoms with van der Waals surface area (Å²) in [4.78, 5) is 0. The number of rotatable bonds is 4.